The summed E-state index contributed by atoms with van der Waals surface area (Å²) in [5.41, 5.74) is 18.5. The lowest BCUT2D eigenvalue weighted by Gasteiger charge is -2.21. The van der Waals surface area contributed by atoms with E-state index in [2.05, 4.69) is 149 Å². The Morgan fingerprint density at radius 1 is 0.556 bits per heavy atom. The first-order chi connectivity index (χ1) is 30.0. The van der Waals surface area contributed by atoms with Crippen molar-refractivity contribution < 1.29 is 34.8 Å². The molecule has 8 heteroatoms. The summed E-state index contributed by atoms with van der Waals surface area (Å²) in [6.07, 6.45) is 10.4. The predicted molar refractivity (Wildman–Crippen MR) is 257 cm³/mol. The van der Waals surface area contributed by atoms with Gasteiger partial charge in [0.1, 0.15) is 11.8 Å². The highest BCUT2D eigenvalue weighted by molar-refractivity contribution is 5.82. The molecule has 0 aliphatic carbocycles. The molecule has 0 amide bonds. The maximum atomic E-state index is 11.4. The fraction of sp³-hybridized carbons (Fsp3) is 0.218. The Morgan fingerprint density at radius 3 is 1.43 bits per heavy atom. The maximum absolute atomic E-state index is 11.4. The Hall–Kier alpha value is -6.71. The molecule has 6 N–H and O–H groups in total. The van der Waals surface area contributed by atoms with E-state index in [0.29, 0.717) is 18.4 Å². The molecule has 0 aliphatic heterocycles. The second-order valence-corrected chi connectivity index (χ2v) is 16.3. The van der Waals surface area contributed by atoms with Crippen molar-refractivity contribution in [2.45, 2.75) is 59.9 Å². The van der Waals surface area contributed by atoms with Crippen LogP contribution in [-0.2, 0) is 16.0 Å². The highest BCUT2D eigenvalue weighted by Crippen LogP contribution is 2.29. The number of rotatable bonds is 14. The van der Waals surface area contributed by atoms with Gasteiger partial charge in [-0.25, -0.2) is 0 Å². The van der Waals surface area contributed by atoms with Crippen molar-refractivity contribution in [2.24, 2.45) is 11.1 Å². The van der Waals surface area contributed by atoms with Crippen LogP contribution in [0.25, 0.3) is 46.6 Å². The van der Waals surface area contributed by atoms with Crippen LogP contribution in [0.1, 0.15) is 80.7 Å². The van der Waals surface area contributed by atoms with Crippen LogP contribution in [0.15, 0.2) is 133 Å². The molecule has 0 unspecified atom stereocenters. The largest absolute Gasteiger partial charge is 0.481 e. The quantitative estimate of drug-likeness (QED) is 0.0535. The van der Waals surface area contributed by atoms with Gasteiger partial charge in [-0.05, 0) is 133 Å². The van der Waals surface area contributed by atoms with Gasteiger partial charge in [-0.1, -0.05) is 152 Å². The number of hydrogen-bond donors (Lipinski definition) is 5. The van der Waals surface area contributed by atoms with Crippen molar-refractivity contribution in [3.05, 3.63) is 189 Å². The van der Waals surface area contributed by atoms with E-state index in [1.807, 2.05) is 36.4 Å². The third kappa shape index (κ3) is 13.6. The first-order valence-corrected chi connectivity index (χ1v) is 20.8. The zero-order valence-electron chi connectivity index (χ0n) is 37.0. The fourth-order valence-electron chi connectivity index (χ4n) is 6.57. The predicted octanol–water partition coefficient (Wildman–Crippen LogP) is 10.9. The number of carbonyl (C=O) groups is 3. The zero-order valence-corrected chi connectivity index (χ0v) is 37.0. The molecule has 8 nitrogen and oxygen atoms in total. The third-order valence-corrected chi connectivity index (χ3v) is 11.2. The number of hydrogen-bond acceptors (Lipinski definition) is 6. The molecule has 6 aromatic rings. The number of aliphatic hydroxyl groups is 2. The average Bonchev–Trinajstić information content (AvgIpc) is 3.29. The highest BCUT2D eigenvalue weighted by atomic mass is 16.4. The Bertz CT molecular complexity index is 2540. The summed E-state index contributed by atoms with van der Waals surface area (Å²) >= 11 is 0. The van der Waals surface area contributed by atoms with Gasteiger partial charge < -0.3 is 26.2 Å². The summed E-state index contributed by atoms with van der Waals surface area (Å²) < 4.78 is 0. The Labute approximate surface area is 371 Å². The number of carbonyl (C=O) groups excluding carboxylic acids is 1. The van der Waals surface area contributed by atoms with Crippen LogP contribution < -0.4 is 5.73 Å². The number of benzene rings is 6. The average molecular weight is 846 g/mol. The SMILES string of the molecule is C[C@](N)(CO)C(=O)O.Cc1ccc(C=O)cc1/C=C/c1cccc(-c2ccccc2)c1C.Cc1ccc(CC[C@](C)(CO)C(=O)O)cc1/C=C/c1cccc(-c2ccccc2)c1C. The summed E-state index contributed by atoms with van der Waals surface area (Å²) in [6.45, 7) is 10.4. The van der Waals surface area contributed by atoms with Crippen LogP contribution >= 0.6 is 0 Å². The van der Waals surface area contributed by atoms with Gasteiger partial charge in [0.25, 0.3) is 0 Å². The van der Waals surface area contributed by atoms with E-state index in [-0.39, 0.29) is 6.61 Å². The van der Waals surface area contributed by atoms with E-state index in [1.54, 1.807) is 6.92 Å². The molecule has 0 saturated carbocycles. The molecule has 63 heavy (non-hydrogen) atoms. The molecule has 0 radical (unpaired) electrons. The number of carboxylic acids is 2. The number of carboxylic acid groups (broad SMARTS) is 2. The van der Waals surface area contributed by atoms with Crippen LogP contribution in [0, 0.1) is 33.1 Å². The topological polar surface area (TPSA) is 158 Å². The minimum Gasteiger partial charge on any atom is -0.481 e. The van der Waals surface area contributed by atoms with Crippen molar-refractivity contribution >= 4 is 42.5 Å². The van der Waals surface area contributed by atoms with Gasteiger partial charge in [-0.3, -0.25) is 14.4 Å². The molecule has 0 heterocycles. The monoisotopic (exact) mass is 845 g/mol. The Morgan fingerprint density at radius 2 is 1.02 bits per heavy atom. The highest BCUT2D eigenvalue weighted by Gasteiger charge is 2.32. The number of aliphatic carboxylic acids is 2. The van der Waals surface area contributed by atoms with Crippen LogP contribution in [0.5, 0.6) is 0 Å². The lowest BCUT2D eigenvalue weighted by Crippen LogP contribution is -2.48. The van der Waals surface area contributed by atoms with Gasteiger partial charge in [-0.2, -0.15) is 0 Å². The fourth-order valence-corrected chi connectivity index (χ4v) is 6.57. The second-order valence-electron chi connectivity index (χ2n) is 16.3. The van der Waals surface area contributed by atoms with Crippen molar-refractivity contribution in [1.82, 2.24) is 0 Å². The van der Waals surface area contributed by atoms with E-state index < -0.39 is 29.5 Å². The van der Waals surface area contributed by atoms with Gasteiger partial charge in [0.05, 0.1) is 18.6 Å². The standard InChI is InChI=1S/C28H30O3.C23H20O.C4H9NO3/c1-20-12-13-22(16-17-28(3,19-29)27(30)31)18-25(20)15-14-23-10-7-11-26(21(23)2)24-8-5-4-6-9-24;1-17-11-12-19(16-24)15-22(17)14-13-20-9-6-10-23(18(20)2)21-7-4-3-5-8-21;1-4(5,2-6)3(7)8/h4-15,18,29H,16-17,19H2,1-3H3,(H,30,31);3-16H,1-2H3;6H,2,5H2,1H3,(H,7,8)/b15-14+;14-13+;/t28-;;4-/m1.0/s1. The zero-order chi connectivity index (χ0) is 46.2. The minimum absolute atomic E-state index is 0.363. The first kappa shape index (κ1) is 49.0. The summed E-state index contributed by atoms with van der Waals surface area (Å²) in [5.74, 6) is -2.16. The number of aliphatic hydroxyl groups excluding tert-OH is 2. The molecular weight excluding hydrogens is 787 g/mol. The Balaban J connectivity index is 0.000000241. The van der Waals surface area contributed by atoms with Crippen molar-refractivity contribution in [2.75, 3.05) is 13.2 Å². The molecule has 0 aliphatic rings. The molecule has 0 saturated heterocycles. The van der Waals surface area contributed by atoms with Crippen LogP contribution in [0.2, 0.25) is 0 Å². The lowest BCUT2D eigenvalue weighted by atomic mass is 9.84. The lowest BCUT2D eigenvalue weighted by molar-refractivity contribution is -0.150. The normalized spacial score (nSPS) is 12.9. The molecule has 0 spiro atoms. The van der Waals surface area contributed by atoms with E-state index in [1.165, 1.54) is 57.0 Å². The summed E-state index contributed by atoms with van der Waals surface area (Å²) in [7, 11) is 0. The van der Waals surface area contributed by atoms with Gasteiger partial charge in [0, 0.05) is 5.56 Å². The van der Waals surface area contributed by atoms with Crippen LogP contribution in [-0.4, -0.2) is 57.4 Å². The molecule has 6 aromatic carbocycles. The second kappa shape index (κ2) is 22.9. The van der Waals surface area contributed by atoms with Gasteiger partial charge in [-0.15, -0.1) is 0 Å². The smallest absolute Gasteiger partial charge is 0.325 e. The summed E-state index contributed by atoms with van der Waals surface area (Å²) in [6, 6.07) is 45.5. The summed E-state index contributed by atoms with van der Waals surface area (Å²) in [5, 5.41) is 35.3. The van der Waals surface area contributed by atoms with Gasteiger partial charge in [0.15, 0.2) is 0 Å². The van der Waals surface area contributed by atoms with Gasteiger partial charge in [0.2, 0.25) is 0 Å². The van der Waals surface area contributed by atoms with E-state index in [0.717, 1.165) is 28.5 Å². The molecular formula is C55H59NO7. The maximum Gasteiger partial charge on any atom is 0.325 e. The minimum atomic E-state index is -1.49. The van der Waals surface area contributed by atoms with Crippen molar-refractivity contribution in [1.29, 1.82) is 0 Å². The molecule has 0 fully saturated rings. The molecule has 6 rings (SSSR count). The molecule has 326 valence electrons. The third-order valence-electron chi connectivity index (χ3n) is 11.2. The number of aryl methyl sites for hydroxylation is 3. The van der Waals surface area contributed by atoms with Crippen molar-refractivity contribution in [3.8, 4) is 22.3 Å². The first-order valence-electron chi connectivity index (χ1n) is 20.8. The van der Waals surface area contributed by atoms with E-state index >= 15 is 0 Å². The molecule has 2 atom stereocenters. The van der Waals surface area contributed by atoms with Crippen molar-refractivity contribution in [3.63, 3.8) is 0 Å². The number of nitrogens with two attached hydrogens (primary N) is 1. The van der Waals surface area contributed by atoms with Crippen LogP contribution in [0.4, 0.5) is 0 Å². The van der Waals surface area contributed by atoms with E-state index in [9.17, 15) is 24.6 Å². The van der Waals surface area contributed by atoms with Gasteiger partial charge >= 0.3 is 11.9 Å². The molecule has 0 bridgehead atoms. The number of aldehydes is 1. The summed E-state index contributed by atoms with van der Waals surface area (Å²) in [4.78, 5) is 32.4. The Kier molecular flexibility index (Phi) is 17.8. The van der Waals surface area contributed by atoms with Crippen LogP contribution in [0.3, 0.4) is 0 Å². The molecule has 0 aromatic heterocycles. The van der Waals surface area contributed by atoms with E-state index in [4.69, 9.17) is 15.9 Å².